The van der Waals surface area contributed by atoms with Gasteiger partial charge in [0.25, 0.3) is 0 Å². The number of ketones is 1. The Kier molecular flexibility index (Phi) is 12.8. The zero-order chi connectivity index (χ0) is 21.7. The summed E-state index contributed by atoms with van der Waals surface area (Å²) in [5, 5.41) is 26.4. The lowest BCUT2D eigenvalue weighted by Gasteiger charge is -2.25. The number of aliphatic hydroxyl groups is 1. The number of carboxylic acid groups (broad SMARTS) is 2. The number of allylic oxidation sites excluding steroid dienone is 1. The van der Waals surface area contributed by atoms with Gasteiger partial charge in [-0.15, -0.1) is 6.58 Å². The van der Waals surface area contributed by atoms with E-state index < -0.39 is 24.1 Å². The smallest absolute Gasteiger partial charge is 0.320 e. The van der Waals surface area contributed by atoms with Gasteiger partial charge >= 0.3 is 11.9 Å². The van der Waals surface area contributed by atoms with Crippen LogP contribution in [0.15, 0.2) is 36.9 Å². The summed E-state index contributed by atoms with van der Waals surface area (Å²) in [7, 11) is 0. The number of aliphatic hydroxyl groups excluding tert-OH is 1. The van der Waals surface area contributed by atoms with E-state index in [0.717, 1.165) is 18.4 Å². The lowest BCUT2D eigenvalue weighted by atomic mass is 9.81. The molecular formula is C20H28ClNO6. The molecule has 3 atom stereocenters. The average Bonchev–Trinajstić information content (AvgIpc) is 2.64. The lowest BCUT2D eigenvalue weighted by molar-refractivity contribution is -0.140. The number of halogens is 1. The van der Waals surface area contributed by atoms with Gasteiger partial charge in [-0.3, -0.25) is 14.4 Å². The van der Waals surface area contributed by atoms with E-state index in [1.807, 2.05) is 25.1 Å². The van der Waals surface area contributed by atoms with Crippen LogP contribution in [-0.2, 0) is 14.4 Å². The van der Waals surface area contributed by atoms with Gasteiger partial charge in [0.2, 0.25) is 0 Å². The summed E-state index contributed by atoms with van der Waals surface area (Å²) in [6, 6.07) is 6.30. The molecule has 7 nitrogen and oxygen atoms in total. The van der Waals surface area contributed by atoms with Gasteiger partial charge in [-0.25, -0.2) is 0 Å². The summed E-state index contributed by atoms with van der Waals surface area (Å²) >= 11 is 6.04. The normalized spacial score (nSPS) is 19.2. The number of benzene rings is 1. The maximum absolute atomic E-state index is 11.8. The molecule has 1 aliphatic carbocycles. The van der Waals surface area contributed by atoms with Gasteiger partial charge < -0.3 is 21.1 Å². The van der Waals surface area contributed by atoms with Crippen molar-refractivity contribution < 1.29 is 29.7 Å². The molecule has 1 aromatic rings. The molecule has 1 saturated carbocycles. The number of aliphatic carboxylic acids is 2. The van der Waals surface area contributed by atoms with Crippen molar-refractivity contribution >= 4 is 29.3 Å². The molecule has 2 rings (SSSR count). The molecule has 1 unspecified atom stereocenters. The number of carbonyl (C=O) groups excluding carboxylic acids is 1. The third kappa shape index (κ3) is 9.64. The summed E-state index contributed by atoms with van der Waals surface area (Å²) in [5.41, 5.74) is 5.85. The molecular weight excluding hydrogens is 386 g/mol. The number of carbonyl (C=O) groups is 3. The van der Waals surface area contributed by atoms with Crippen LogP contribution in [0.3, 0.4) is 0 Å². The summed E-state index contributed by atoms with van der Waals surface area (Å²) < 4.78 is 0. The Labute approximate surface area is 169 Å². The Morgan fingerprint density at radius 2 is 1.89 bits per heavy atom. The van der Waals surface area contributed by atoms with Crippen molar-refractivity contribution in [2.45, 2.75) is 57.1 Å². The maximum atomic E-state index is 11.8. The monoisotopic (exact) mass is 413 g/mol. The van der Waals surface area contributed by atoms with Crippen LogP contribution in [0.25, 0.3) is 0 Å². The highest BCUT2D eigenvalue weighted by Gasteiger charge is 2.31. The molecule has 1 fully saturated rings. The molecule has 28 heavy (non-hydrogen) atoms. The number of hydrogen-bond acceptors (Lipinski definition) is 5. The van der Waals surface area contributed by atoms with Crippen LogP contribution in [-0.4, -0.2) is 45.2 Å². The van der Waals surface area contributed by atoms with Crippen molar-refractivity contribution in [3.63, 3.8) is 0 Å². The zero-order valence-electron chi connectivity index (χ0n) is 15.9. The number of Topliss-reactive ketones (excluding diaryl/α,β-unsaturated/α-hetero) is 1. The molecule has 0 radical (unpaired) electrons. The van der Waals surface area contributed by atoms with Gasteiger partial charge in [-0.2, -0.15) is 0 Å². The number of nitrogens with two attached hydrogens (primary N) is 1. The molecule has 5 N–H and O–H groups in total. The quantitative estimate of drug-likeness (QED) is 0.544. The van der Waals surface area contributed by atoms with Crippen molar-refractivity contribution in [2.75, 3.05) is 0 Å². The van der Waals surface area contributed by atoms with E-state index >= 15 is 0 Å². The molecule has 0 heterocycles. The lowest BCUT2D eigenvalue weighted by Crippen LogP contribution is -2.31. The van der Waals surface area contributed by atoms with E-state index in [1.165, 1.54) is 0 Å². The fourth-order valence-corrected chi connectivity index (χ4v) is 2.77. The van der Waals surface area contributed by atoms with Gasteiger partial charge in [0, 0.05) is 17.4 Å². The van der Waals surface area contributed by atoms with E-state index in [9.17, 15) is 19.5 Å². The fraction of sp³-hybridized carbons (Fsp3) is 0.450. The predicted octanol–water partition coefficient (Wildman–Crippen LogP) is 2.99. The third-order valence-electron chi connectivity index (χ3n) is 3.91. The minimum absolute atomic E-state index is 0.0231. The van der Waals surface area contributed by atoms with E-state index in [2.05, 4.69) is 6.58 Å². The van der Waals surface area contributed by atoms with E-state index in [0.29, 0.717) is 11.4 Å². The molecule has 0 amide bonds. The zero-order valence-corrected chi connectivity index (χ0v) is 16.6. The van der Waals surface area contributed by atoms with E-state index in [4.69, 9.17) is 27.5 Å². The van der Waals surface area contributed by atoms with Crippen molar-refractivity contribution in [3.05, 3.63) is 47.5 Å². The minimum Gasteiger partial charge on any atom is -0.481 e. The van der Waals surface area contributed by atoms with Crippen LogP contribution in [0, 0.1) is 0 Å². The first kappa shape index (κ1) is 25.8. The highest BCUT2D eigenvalue weighted by molar-refractivity contribution is 6.31. The minimum atomic E-state index is -1.17. The van der Waals surface area contributed by atoms with E-state index in [1.54, 1.807) is 12.1 Å². The molecule has 0 aromatic heterocycles. The molecule has 1 aromatic carbocycles. The Hall–Kier alpha value is -2.22. The molecule has 0 spiro atoms. The number of carboxylic acids is 2. The van der Waals surface area contributed by atoms with Crippen LogP contribution in [0.1, 0.15) is 50.5 Å². The Morgan fingerprint density at radius 3 is 2.39 bits per heavy atom. The van der Waals surface area contributed by atoms with Gasteiger partial charge in [-0.1, -0.05) is 35.9 Å². The second kappa shape index (κ2) is 13.9. The average molecular weight is 414 g/mol. The van der Waals surface area contributed by atoms with Crippen LogP contribution < -0.4 is 5.73 Å². The third-order valence-corrected chi connectivity index (χ3v) is 4.25. The molecule has 8 heteroatoms. The Bertz CT molecular complexity index is 664. The highest BCUT2D eigenvalue weighted by atomic mass is 35.5. The van der Waals surface area contributed by atoms with Crippen molar-refractivity contribution in [1.29, 1.82) is 0 Å². The first-order valence-corrected chi connectivity index (χ1v) is 9.26. The topological polar surface area (TPSA) is 138 Å². The number of hydrogen-bond donors (Lipinski definition) is 4. The Morgan fingerprint density at radius 1 is 1.32 bits per heavy atom. The molecule has 0 saturated heterocycles. The van der Waals surface area contributed by atoms with Crippen LogP contribution in [0.5, 0.6) is 0 Å². The van der Waals surface area contributed by atoms with Gasteiger partial charge in [0.1, 0.15) is 12.1 Å². The van der Waals surface area contributed by atoms with Crippen molar-refractivity contribution in [1.82, 2.24) is 0 Å². The highest BCUT2D eigenvalue weighted by Crippen LogP contribution is 2.33. The standard InChI is InChI=1S/C12H13ClO2.C5H9NO4.C3H6/c13-10-6-2-1-4-8(10)9-5-3-7-11(14)12(9)15;6-3(5(9)10)1-2-4(7)8;1-3-2/h1-2,4,6,9,11,14H,3,5,7H2;3H,1-2,6H2,(H,7,8)(H,9,10);3H,1H2,2H3/t9?,11-;3-;/m10./s1. The van der Waals surface area contributed by atoms with Crippen LogP contribution in [0.2, 0.25) is 5.02 Å². The Balaban J connectivity index is 0.000000489. The predicted molar refractivity (Wildman–Crippen MR) is 107 cm³/mol. The van der Waals surface area contributed by atoms with Gasteiger partial charge in [0.15, 0.2) is 5.78 Å². The van der Waals surface area contributed by atoms with Crippen molar-refractivity contribution in [3.8, 4) is 0 Å². The number of rotatable bonds is 5. The SMILES string of the molecule is C=CC.N[C@@H](CCC(=O)O)C(=O)O.O=C1C(c2ccccc2Cl)CCC[C@H]1O. The van der Waals surface area contributed by atoms with E-state index in [-0.39, 0.29) is 24.5 Å². The van der Waals surface area contributed by atoms with Gasteiger partial charge in [0.05, 0.1) is 0 Å². The summed E-state index contributed by atoms with van der Waals surface area (Å²) in [4.78, 5) is 31.6. The summed E-state index contributed by atoms with van der Waals surface area (Å²) in [5.74, 6) is -2.50. The largest absolute Gasteiger partial charge is 0.481 e. The second-order valence-corrected chi connectivity index (χ2v) is 6.62. The first-order valence-electron chi connectivity index (χ1n) is 8.89. The van der Waals surface area contributed by atoms with Crippen molar-refractivity contribution in [2.24, 2.45) is 5.73 Å². The first-order chi connectivity index (χ1) is 13.1. The fourth-order valence-electron chi connectivity index (χ4n) is 2.50. The molecule has 156 valence electrons. The second-order valence-electron chi connectivity index (χ2n) is 6.21. The van der Waals surface area contributed by atoms with Crippen LogP contribution in [0.4, 0.5) is 0 Å². The molecule has 1 aliphatic rings. The molecule has 0 aliphatic heterocycles. The maximum Gasteiger partial charge on any atom is 0.320 e. The summed E-state index contributed by atoms with van der Waals surface area (Å²) in [6.45, 7) is 5.25. The van der Waals surface area contributed by atoms with Crippen LogP contribution >= 0.6 is 11.6 Å². The molecule has 0 bridgehead atoms. The van der Waals surface area contributed by atoms with Gasteiger partial charge in [-0.05, 0) is 44.2 Å². The summed E-state index contributed by atoms with van der Waals surface area (Å²) in [6.07, 6.45) is 2.97.